The molecular weight excluding hydrogens is 222 g/mol. The molecule has 0 aromatic carbocycles. The molecule has 0 spiro atoms. The predicted molar refractivity (Wildman–Crippen MR) is 54.2 cm³/mol. The quantitative estimate of drug-likeness (QED) is 0.642. The third kappa shape index (κ3) is 7.92. The van der Waals surface area contributed by atoms with Gasteiger partial charge in [-0.25, -0.2) is 13.2 Å². The first-order chi connectivity index (χ1) is 6.72. The van der Waals surface area contributed by atoms with Crippen LogP contribution in [-0.2, 0) is 19.4 Å². The molecule has 0 aliphatic rings. The van der Waals surface area contributed by atoms with E-state index >= 15 is 0 Å². The Morgan fingerprint density at radius 2 is 1.93 bits per heavy atom. The first kappa shape index (κ1) is 13.9. The summed E-state index contributed by atoms with van der Waals surface area (Å²) in [5.41, 5.74) is 0. The lowest BCUT2D eigenvalue weighted by Gasteiger charge is -2.12. The number of carboxylic acid groups (broad SMARTS) is 1. The standard InChI is InChI=1S/C8H15NO5S/c1-6(10)9-7(8(11)12)4-3-5-15(2,13)14/h7H,3-5H2,1-2H3,(H,9,10)(H,11,12). The summed E-state index contributed by atoms with van der Waals surface area (Å²) in [6, 6.07) is -1.01. The van der Waals surface area contributed by atoms with Gasteiger partial charge >= 0.3 is 5.97 Å². The summed E-state index contributed by atoms with van der Waals surface area (Å²) >= 11 is 0. The highest BCUT2D eigenvalue weighted by Gasteiger charge is 2.18. The molecule has 1 unspecified atom stereocenters. The van der Waals surface area contributed by atoms with Crippen molar-refractivity contribution in [1.82, 2.24) is 5.32 Å². The number of sulfone groups is 1. The first-order valence-electron chi connectivity index (χ1n) is 4.40. The van der Waals surface area contributed by atoms with Crippen molar-refractivity contribution in [1.29, 1.82) is 0 Å². The summed E-state index contributed by atoms with van der Waals surface area (Å²) in [7, 11) is -3.08. The molecule has 88 valence electrons. The zero-order valence-electron chi connectivity index (χ0n) is 8.69. The molecule has 0 aromatic heterocycles. The van der Waals surface area contributed by atoms with Gasteiger partial charge < -0.3 is 10.4 Å². The minimum atomic E-state index is -3.08. The fraction of sp³-hybridized carbons (Fsp3) is 0.750. The van der Waals surface area contributed by atoms with Crippen molar-refractivity contribution in [3.05, 3.63) is 0 Å². The highest BCUT2D eigenvalue weighted by molar-refractivity contribution is 7.90. The average molecular weight is 237 g/mol. The molecule has 0 saturated carbocycles. The van der Waals surface area contributed by atoms with E-state index in [1.807, 2.05) is 0 Å². The van der Waals surface area contributed by atoms with E-state index in [0.29, 0.717) is 0 Å². The molecule has 2 N–H and O–H groups in total. The van der Waals surface area contributed by atoms with Crippen molar-refractivity contribution < 1.29 is 23.1 Å². The summed E-state index contributed by atoms with van der Waals surface area (Å²) in [6.07, 6.45) is 1.42. The monoisotopic (exact) mass is 237 g/mol. The van der Waals surface area contributed by atoms with Crippen molar-refractivity contribution in [2.75, 3.05) is 12.0 Å². The van der Waals surface area contributed by atoms with Crippen molar-refractivity contribution in [2.45, 2.75) is 25.8 Å². The molecule has 6 nitrogen and oxygen atoms in total. The van der Waals surface area contributed by atoms with Gasteiger partial charge in [-0.2, -0.15) is 0 Å². The number of carbonyl (C=O) groups excluding carboxylic acids is 1. The number of amides is 1. The highest BCUT2D eigenvalue weighted by Crippen LogP contribution is 2.00. The summed E-state index contributed by atoms with van der Waals surface area (Å²) < 4.78 is 21.5. The fourth-order valence-electron chi connectivity index (χ4n) is 1.05. The largest absolute Gasteiger partial charge is 0.480 e. The van der Waals surface area contributed by atoms with Crippen LogP contribution in [0.5, 0.6) is 0 Å². The van der Waals surface area contributed by atoms with Gasteiger partial charge in [0.15, 0.2) is 0 Å². The number of nitrogens with one attached hydrogen (secondary N) is 1. The van der Waals surface area contributed by atoms with Crippen LogP contribution >= 0.6 is 0 Å². The number of carboxylic acids is 1. The second kappa shape index (κ2) is 5.69. The Hall–Kier alpha value is -1.11. The van der Waals surface area contributed by atoms with E-state index in [1.54, 1.807) is 0 Å². The van der Waals surface area contributed by atoms with Gasteiger partial charge in [-0.15, -0.1) is 0 Å². The SMILES string of the molecule is CC(=O)NC(CCCS(C)(=O)=O)C(=O)O. The summed E-state index contributed by atoms with van der Waals surface area (Å²) in [5.74, 6) is -1.67. The first-order valence-corrected chi connectivity index (χ1v) is 6.46. The van der Waals surface area contributed by atoms with Gasteiger partial charge in [0.05, 0.1) is 0 Å². The van der Waals surface area contributed by atoms with Gasteiger partial charge in [-0.05, 0) is 12.8 Å². The van der Waals surface area contributed by atoms with Crippen LogP contribution in [0.3, 0.4) is 0 Å². The molecular formula is C8H15NO5S. The molecule has 0 heterocycles. The van der Waals surface area contributed by atoms with Gasteiger partial charge in [0.2, 0.25) is 5.91 Å². The normalized spacial score (nSPS) is 13.2. The maximum atomic E-state index is 10.8. The molecule has 0 aromatic rings. The Balaban J connectivity index is 4.09. The van der Waals surface area contributed by atoms with Gasteiger partial charge in [0.25, 0.3) is 0 Å². The van der Waals surface area contributed by atoms with Crippen LogP contribution in [0, 0.1) is 0 Å². The van der Waals surface area contributed by atoms with Crippen LogP contribution < -0.4 is 5.32 Å². The lowest BCUT2D eigenvalue weighted by Crippen LogP contribution is -2.39. The van der Waals surface area contributed by atoms with Gasteiger partial charge in [-0.3, -0.25) is 4.79 Å². The van der Waals surface area contributed by atoms with Crippen LogP contribution in [-0.4, -0.2) is 43.5 Å². The lowest BCUT2D eigenvalue weighted by atomic mass is 10.2. The van der Waals surface area contributed by atoms with Crippen molar-refractivity contribution >= 4 is 21.7 Å². The topological polar surface area (TPSA) is 101 Å². The molecule has 7 heteroatoms. The number of hydrogen-bond acceptors (Lipinski definition) is 4. The molecule has 0 fully saturated rings. The maximum Gasteiger partial charge on any atom is 0.326 e. The summed E-state index contributed by atoms with van der Waals surface area (Å²) in [4.78, 5) is 21.3. The van der Waals surface area contributed by atoms with E-state index in [2.05, 4.69) is 5.32 Å². The van der Waals surface area contributed by atoms with Crippen LogP contribution in [0.2, 0.25) is 0 Å². The molecule has 0 radical (unpaired) electrons. The summed E-state index contributed by atoms with van der Waals surface area (Å²) in [5, 5.41) is 10.9. The number of rotatable bonds is 6. The van der Waals surface area contributed by atoms with E-state index in [-0.39, 0.29) is 18.6 Å². The molecule has 0 bridgehead atoms. The molecule has 0 aliphatic carbocycles. The maximum absolute atomic E-state index is 10.8. The molecule has 0 rings (SSSR count). The summed E-state index contributed by atoms with van der Waals surface area (Å²) in [6.45, 7) is 1.21. The Morgan fingerprint density at radius 1 is 1.40 bits per heavy atom. The van der Waals surface area contributed by atoms with Crippen molar-refractivity contribution in [2.24, 2.45) is 0 Å². The van der Waals surface area contributed by atoms with Gasteiger partial charge in [0, 0.05) is 18.9 Å². The van der Waals surface area contributed by atoms with Crippen LogP contribution in [0.4, 0.5) is 0 Å². The minimum absolute atomic E-state index is 0.0731. The molecule has 1 atom stereocenters. The zero-order valence-corrected chi connectivity index (χ0v) is 9.50. The number of hydrogen-bond donors (Lipinski definition) is 2. The van der Waals surface area contributed by atoms with Gasteiger partial charge in [-0.1, -0.05) is 0 Å². The van der Waals surface area contributed by atoms with Crippen molar-refractivity contribution in [3.63, 3.8) is 0 Å². The van der Waals surface area contributed by atoms with E-state index in [4.69, 9.17) is 5.11 Å². The molecule has 15 heavy (non-hydrogen) atoms. The smallest absolute Gasteiger partial charge is 0.326 e. The zero-order chi connectivity index (χ0) is 12.1. The van der Waals surface area contributed by atoms with E-state index in [0.717, 1.165) is 6.26 Å². The predicted octanol–water partition coefficient (Wildman–Crippen LogP) is -0.599. The average Bonchev–Trinajstić information content (AvgIpc) is 1.99. The highest BCUT2D eigenvalue weighted by atomic mass is 32.2. The Bertz CT molecular complexity index is 335. The third-order valence-corrected chi connectivity index (χ3v) is 2.71. The fourth-order valence-corrected chi connectivity index (χ4v) is 1.74. The molecule has 0 aliphatic heterocycles. The Labute approximate surface area is 88.6 Å². The molecule has 1 amide bonds. The second-order valence-electron chi connectivity index (χ2n) is 3.36. The van der Waals surface area contributed by atoms with E-state index in [9.17, 15) is 18.0 Å². The second-order valence-corrected chi connectivity index (χ2v) is 5.62. The van der Waals surface area contributed by atoms with Crippen LogP contribution in [0.15, 0.2) is 0 Å². The minimum Gasteiger partial charge on any atom is -0.480 e. The van der Waals surface area contributed by atoms with Gasteiger partial charge in [0.1, 0.15) is 15.9 Å². The Morgan fingerprint density at radius 3 is 2.27 bits per heavy atom. The Kier molecular flexibility index (Phi) is 5.27. The van der Waals surface area contributed by atoms with Crippen LogP contribution in [0.1, 0.15) is 19.8 Å². The molecule has 0 saturated heterocycles. The van der Waals surface area contributed by atoms with Crippen molar-refractivity contribution in [3.8, 4) is 0 Å². The number of aliphatic carboxylic acids is 1. The van der Waals surface area contributed by atoms with E-state index < -0.39 is 27.8 Å². The van der Waals surface area contributed by atoms with E-state index in [1.165, 1.54) is 6.92 Å². The lowest BCUT2D eigenvalue weighted by molar-refractivity contribution is -0.141. The third-order valence-electron chi connectivity index (χ3n) is 1.68. The van der Waals surface area contributed by atoms with Crippen LogP contribution in [0.25, 0.3) is 0 Å². The number of carbonyl (C=O) groups is 2.